The van der Waals surface area contributed by atoms with Crippen LogP contribution in [0.3, 0.4) is 0 Å². The number of hydrogen-bond donors (Lipinski definition) is 2. The van der Waals surface area contributed by atoms with E-state index in [0.29, 0.717) is 6.54 Å². The second-order valence-electron chi connectivity index (χ2n) is 3.32. The zero-order chi connectivity index (χ0) is 10.7. The molecule has 1 heterocycles. The summed E-state index contributed by atoms with van der Waals surface area (Å²) in [7, 11) is 1.40. The van der Waals surface area contributed by atoms with Crippen molar-refractivity contribution in [3.63, 3.8) is 0 Å². The molecular formula is C8H14N2O4. The van der Waals surface area contributed by atoms with Gasteiger partial charge in [-0.1, -0.05) is 0 Å². The Labute approximate surface area is 81.6 Å². The molecule has 1 rings (SSSR count). The van der Waals surface area contributed by atoms with E-state index < -0.39 is 12.0 Å². The van der Waals surface area contributed by atoms with E-state index in [1.54, 1.807) is 0 Å². The second kappa shape index (κ2) is 4.39. The van der Waals surface area contributed by atoms with Gasteiger partial charge >= 0.3 is 5.97 Å². The largest absolute Gasteiger partial charge is 0.480 e. The molecule has 1 saturated heterocycles. The van der Waals surface area contributed by atoms with Crippen LogP contribution < -0.4 is 5.73 Å². The summed E-state index contributed by atoms with van der Waals surface area (Å²) in [6, 6.07) is -1.18. The molecule has 1 amide bonds. The highest BCUT2D eigenvalue weighted by atomic mass is 16.5. The van der Waals surface area contributed by atoms with Crippen molar-refractivity contribution in [1.82, 2.24) is 4.90 Å². The van der Waals surface area contributed by atoms with Crippen LogP contribution in [-0.2, 0) is 14.3 Å². The van der Waals surface area contributed by atoms with Crippen LogP contribution in [0.1, 0.15) is 6.42 Å². The summed E-state index contributed by atoms with van der Waals surface area (Å²) < 4.78 is 4.75. The summed E-state index contributed by atoms with van der Waals surface area (Å²) in [5.41, 5.74) is 5.55. The minimum Gasteiger partial charge on any atom is -0.480 e. The van der Waals surface area contributed by atoms with Crippen LogP contribution in [0.15, 0.2) is 0 Å². The molecule has 0 saturated carbocycles. The van der Waals surface area contributed by atoms with Crippen molar-refractivity contribution in [2.75, 3.05) is 20.3 Å². The van der Waals surface area contributed by atoms with Crippen molar-refractivity contribution in [3.05, 3.63) is 0 Å². The molecule has 0 bridgehead atoms. The number of hydrogen-bond acceptors (Lipinski definition) is 4. The highest BCUT2D eigenvalue weighted by Crippen LogP contribution is 2.13. The Balaban J connectivity index is 2.68. The third kappa shape index (κ3) is 2.21. The van der Waals surface area contributed by atoms with Crippen molar-refractivity contribution >= 4 is 11.9 Å². The lowest BCUT2D eigenvalue weighted by molar-refractivity contribution is -0.150. The number of nitrogens with zero attached hydrogens (tertiary/aromatic N) is 1. The van der Waals surface area contributed by atoms with Gasteiger partial charge in [-0.3, -0.25) is 4.79 Å². The van der Waals surface area contributed by atoms with Crippen LogP contribution in [0.5, 0.6) is 0 Å². The molecule has 6 heteroatoms. The Kier molecular flexibility index (Phi) is 3.43. The Bertz CT molecular complexity index is 243. The van der Waals surface area contributed by atoms with Crippen LogP contribution in [0.4, 0.5) is 0 Å². The first-order valence-electron chi connectivity index (χ1n) is 4.33. The molecule has 0 spiro atoms. The zero-order valence-corrected chi connectivity index (χ0v) is 7.97. The fraction of sp³-hybridized carbons (Fsp3) is 0.750. The minimum atomic E-state index is -1.06. The number of methoxy groups -OCH3 is 1. The first-order valence-corrected chi connectivity index (χ1v) is 4.33. The van der Waals surface area contributed by atoms with Gasteiger partial charge in [-0.2, -0.15) is 0 Å². The van der Waals surface area contributed by atoms with Gasteiger partial charge in [-0.15, -0.1) is 0 Å². The molecule has 80 valence electrons. The smallest absolute Gasteiger partial charge is 0.328 e. The predicted octanol–water partition coefficient (Wildman–Crippen LogP) is -1.35. The lowest BCUT2D eigenvalue weighted by atomic mass is 10.3. The monoisotopic (exact) mass is 202 g/mol. The number of rotatable bonds is 4. The first-order chi connectivity index (χ1) is 6.56. The van der Waals surface area contributed by atoms with Crippen molar-refractivity contribution in [2.45, 2.75) is 18.5 Å². The molecule has 0 aliphatic carbocycles. The van der Waals surface area contributed by atoms with E-state index >= 15 is 0 Å². The van der Waals surface area contributed by atoms with Gasteiger partial charge in [0.25, 0.3) is 0 Å². The highest BCUT2D eigenvalue weighted by Gasteiger charge is 2.36. The summed E-state index contributed by atoms with van der Waals surface area (Å²) in [6.45, 7) is 0.285. The Morgan fingerprint density at radius 3 is 2.86 bits per heavy atom. The molecule has 0 radical (unpaired) electrons. The summed E-state index contributed by atoms with van der Waals surface area (Å²) in [5.74, 6) is -1.28. The van der Waals surface area contributed by atoms with E-state index in [1.165, 1.54) is 12.0 Å². The zero-order valence-electron chi connectivity index (χ0n) is 7.97. The first kappa shape index (κ1) is 10.9. The normalized spacial score (nSPS) is 24.0. The molecule has 0 aromatic heterocycles. The van der Waals surface area contributed by atoms with Crippen LogP contribution in [0.2, 0.25) is 0 Å². The maximum atomic E-state index is 11.3. The molecule has 6 nitrogen and oxygen atoms in total. The Morgan fingerprint density at radius 2 is 2.50 bits per heavy atom. The van der Waals surface area contributed by atoms with E-state index in [1.807, 2.05) is 0 Å². The number of likely N-dealkylation sites (tertiary alicyclic amines) is 1. The minimum absolute atomic E-state index is 0.00616. The number of carboxylic acids is 1. The third-order valence-corrected chi connectivity index (χ3v) is 2.17. The molecule has 0 aromatic carbocycles. The Morgan fingerprint density at radius 1 is 1.86 bits per heavy atom. The maximum absolute atomic E-state index is 11.3. The number of nitrogens with two attached hydrogens (primary N) is 1. The van der Waals surface area contributed by atoms with Crippen molar-refractivity contribution in [3.8, 4) is 0 Å². The van der Waals surface area contributed by atoms with Gasteiger partial charge in [0, 0.05) is 26.1 Å². The lowest BCUT2D eigenvalue weighted by Gasteiger charge is -2.23. The average Bonchev–Trinajstić information content (AvgIpc) is 2.40. The number of carboxylic acid groups (broad SMARTS) is 1. The number of carbonyl (C=O) groups is 2. The molecule has 2 atom stereocenters. The van der Waals surface area contributed by atoms with Crippen LogP contribution in [0.25, 0.3) is 0 Å². The maximum Gasteiger partial charge on any atom is 0.328 e. The fourth-order valence-corrected chi connectivity index (χ4v) is 1.51. The molecule has 1 aliphatic heterocycles. The molecule has 1 aliphatic rings. The number of ether oxygens (including phenoxy) is 1. The van der Waals surface area contributed by atoms with E-state index in [4.69, 9.17) is 15.6 Å². The summed E-state index contributed by atoms with van der Waals surface area (Å²) in [4.78, 5) is 23.4. The molecular weight excluding hydrogens is 188 g/mol. The predicted molar refractivity (Wildman–Crippen MR) is 47.6 cm³/mol. The van der Waals surface area contributed by atoms with Crippen molar-refractivity contribution in [1.29, 1.82) is 0 Å². The van der Waals surface area contributed by atoms with Crippen LogP contribution in [-0.4, -0.2) is 54.2 Å². The summed E-state index contributed by atoms with van der Waals surface area (Å²) >= 11 is 0. The van der Waals surface area contributed by atoms with Gasteiger partial charge in [0.05, 0.1) is 6.61 Å². The van der Waals surface area contributed by atoms with Crippen LogP contribution in [0, 0.1) is 0 Å². The van der Waals surface area contributed by atoms with Gasteiger partial charge in [-0.25, -0.2) is 4.79 Å². The van der Waals surface area contributed by atoms with Gasteiger partial charge < -0.3 is 20.5 Å². The standard InChI is InChI=1S/C8H14N2O4/c1-14-4-6(8(12)13)10-3-5(9)2-7(10)11/h5-6H,2-4,9H2,1H3,(H,12,13)/t5?,6-/m0/s1. The quantitative estimate of drug-likeness (QED) is 0.587. The van der Waals surface area contributed by atoms with Gasteiger partial charge in [0.1, 0.15) is 0 Å². The number of aliphatic carboxylic acids is 1. The van der Waals surface area contributed by atoms with Gasteiger partial charge in [-0.05, 0) is 0 Å². The van der Waals surface area contributed by atoms with Gasteiger partial charge in [0.15, 0.2) is 6.04 Å². The third-order valence-electron chi connectivity index (χ3n) is 2.17. The number of carbonyl (C=O) groups excluding carboxylic acids is 1. The molecule has 14 heavy (non-hydrogen) atoms. The van der Waals surface area contributed by atoms with Crippen LogP contribution >= 0.6 is 0 Å². The topological polar surface area (TPSA) is 92.9 Å². The molecule has 1 fully saturated rings. The number of amides is 1. The lowest BCUT2D eigenvalue weighted by Crippen LogP contribution is -2.45. The van der Waals surface area contributed by atoms with E-state index in [9.17, 15) is 9.59 Å². The van der Waals surface area contributed by atoms with E-state index in [-0.39, 0.29) is 25.0 Å². The SMILES string of the molecule is COC[C@@H](C(=O)O)N1CC(N)CC1=O. The van der Waals surface area contributed by atoms with Crippen molar-refractivity contribution < 1.29 is 19.4 Å². The van der Waals surface area contributed by atoms with Crippen molar-refractivity contribution in [2.24, 2.45) is 5.73 Å². The van der Waals surface area contributed by atoms with E-state index in [0.717, 1.165) is 0 Å². The van der Waals surface area contributed by atoms with Gasteiger partial charge in [0.2, 0.25) is 5.91 Å². The Hall–Kier alpha value is -1.14. The summed E-state index contributed by atoms with van der Waals surface area (Å²) in [6.07, 6.45) is 0.216. The second-order valence-corrected chi connectivity index (χ2v) is 3.32. The highest BCUT2D eigenvalue weighted by molar-refractivity contribution is 5.85. The average molecular weight is 202 g/mol. The molecule has 3 N–H and O–H groups in total. The summed E-state index contributed by atoms with van der Waals surface area (Å²) in [5, 5.41) is 8.85. The fourth-order valence-electron chi connectivity index (χ4n) is 1.51. The van der Waals surface area contributed by atoms with E-state index in [2.05, 4.69) is 0 Å². The molecule has 1 unspecified atom stereocenters. The molecule has 0 aromatic rings.